The molecule has 0 amide bonds. The molecule has 0 radical (unpaired) electrons. The Morgan fingerprint density at radius 3 is 2.72 bits per heavy atom. The van der Waals surface area contributed by atoms with Crippen LogP contribution in [0.3, 0.4) is 0 Å². The van der Waals surface area contributed by atoms with Crippen molar-refractivity contribution in [2.45, 2.75) is 36.9 Å². The molecule has 2 aromatic heterocycles. The van der Waals surface area contributed by atoms with Crippen molar-refractivity contribution in [2.24, 2.45) is 0 Å². The summed E-state index contributed by atoms with van der Waals surface area (Å²) in [6.07, 6.45) is -0.531. The third kappa shape index (κ3) is 3.61. The van der Waals surface area contributed by atoms with Crippen LogP contribution < -0.4 is 14.8 Å². The van der Waals surface area contributed by atoms with Gasteiger partial charge in [-0.2, -0.15) is 0 Å². The molecule has 1 unspecified atom stereocenters. The molecular weight excluding hydrogens is 417 g/mol. The summed E-state index contributed by atoms with van der Waals surface area (Å²) in [5.41, 5.74) is 2.07. The Labute approximate surface area is 183 Å². The molecule has 5 atom stereocenters. The standard InChI is InChI=1S/C23H24FN3O5/c24-15-7-16-17(8-20(26-16)32-19-11-30-22-18(28)10-29-23(19)22)27-21(15)12-1-3-13(4-2-12)31-14-5-6-25-9-14/h1-4,7-8,14,18-19,22-23,25-26,28H,5-6,9-11H2/t14?,18-,19-,22-,23-/m1/s1. The number of aromatic amines is 1. The van der Waals surface area contributed by atoms with Gasteiger partial charge in [0.1, 0.15) is 35.9 Å². The fourth-order valence-corrected chi connectivity index (χ4v) is 4.59. The van der Waals surface area contributed by atoms with Gasteiger partial charge in [-0.15, -0.1) is 0 Å². The van der Waals surface area contributed by atoms with E-state index in [2.05, 4.69) is 15.3 Å². The first-order chi connectivity index (χ1) is 15.6. The van der Waals surface area contributed by atoms with Gasteiger partial charge < -0.3 is 34.4 Å². The van der Waals surface area contributed by atoms with Crippen molar-refractivity contribution in [3.8, 4) is 22.9 Å². The minimum Gasteiger partial charge on any atom is -0.489 e. The SMILES string of the molecule is O[C@@H]1CO[C@H]2[C@@H]1OC[C@H]2Oc1cc2nc(-c3ccc(OC4CCNC4)cc3)c(F)cc2[nH]1. The molecule has 6 rings (SSSR count). The Morgan fingerprint density at radius 1 is 1.06 bits per heavy atom. The zero-order chi connectivity index (χ0) is 21.7. The van der Waals surface area contributed by atoms with Gasteiger partial charge in [0, 0.05) is 24.2 Å². The second-order valence-corrected chi connectivity index (χ2v) is 8.46. The van der Waals surface area contributed by atoms with E-state index in [9.17, 15) is 9.50 Å². The van der Waals surface area contributed by atoms with Gasteiger partial charge in [0.05, 0.1) is 24.2 Å². The maximum absolute atomic E-state index is 14.8. The molecule has 0 saturated carbocycles. The molecule has 0 spiro atoms. The molecule has 3 fully saturated rings. The van der Waals surface area contributed by atoms with E-state index in [1.807, 2.05) is 24.3 Å². The number of nitrogens with zero attached hydrogens (tertiary/aromatic N) is 1. The van der Waals surface area contributed by atoms with Crippen molar-refractivity contribution >= 4 is 11.0 Å². The number of rotatable bonds is 5. The van der Waals surface area contributed by atoms with Crippen LogP contribution in [0.4, 0.5) is 4.39 Å². The van der Waals surface area contributed by atoms with Crippen LogP contribution in [-0.4, -0.2) is 71.9 Å². The van der Waals surface area contributed by atoms with Gasteiger partial charge in [0.2, 0.25) is 0 Å². The Balaban J connectivity index is 1.21. The lowest BCUT2D eigenvalue weighted by atomic mass is 10.1. The summed E-state index contributed by atoms with van der Waals surface area (Å²) >= 11 is 0. The topological polar surface area (TPSA) is 97.9 Å². The molecule has 3 saturated heterocycles. The van der Waals surface area contributed by atoms with E-state index in [0.717, 1.165) is 25.3 Å². The summed E-state index contributed by atoms with van der Waals surface area (Å²) in [5, 5.41) is 13.1. The van der Waals surface area contributed by atoms with Crippen LogP contribution in [0.2, 0.25) is 0 Å². The zero-order valence-corrected chi connectivity index (χ0v) is 17.3. The summed E-state index contributed by atoms with van der Waals surface area (Å²) in [6.45, 7) is 2.36. The molecule has 8 nitrogen and oxygen atoms in total. The highest BCUT2D eigenvalue weighted by atomic mass is 19.1. The Hall–Kier alpha value is -2.72. The highest BCUT2D eigenvalue weighted by Gasteiger charge is 2.48. The van der Waals surface area contributed by atoms with Crippen molar-refractivity contribution in [3.05, 3.63) is 42.2 Å². The van der Waals surface area contributed by atoms with Crippen LogP contribution in [0, 0.1) is 5.82 Å². The van der Waals surface area contributed by atoms with Crippen LogP contribution >= 0.6 is 0 Å². The number of aliphatic hydroxyl groups excluding tert-OH is 1. The average Bonchev–Trinajstić information content (AvgIpc) is 3.56. The van der Waals surface area contributed by atoms with E-state index in [4.69, 9.17) is 18.9 Å². The van der Waals surface area contributed by atoms with Gasteiger partial charge in [0.15, 0.2) is 17.8 Å². The Morgan fingerprint density at radius 2 is 1.91 bits per heavy atom. The summed E-state index contributed by atoms with van der Waals surface area (Å²) in [5.74, 6) is 0.792. The highest BCUT2D eigenvalue weighted by molar-refractivity contribution is 5.81. The maximum Gasteiger partial charge on any atom is 0.193 e. The molecule has 9 heteroatoms. The van der Waals surface area contributed by atoms with Crippen LogP contribution in [0.5, 0.6) is 11.6 Å². The van der Waals surface area contributed by atoms with E-state index in [-0.39, 0.29) is 36.7 Å². The van der Waals surface area contributed by atoms with E-state index < -0.39 is 11.9 Å². The summed E-state index contributed by atoms with van der Waals surface area (Å²) < 4.78 is 37.9. The van der Waals surface area contributed by atoms with E-state index in [1.54, 1.807) is 6.07 Å². The predicted molar refractivity (Wildman–Crippen MR) is 113 cm³/mol. The molecule has 5 heterocycles. The van der Waals surface area contributed by atoms with Crippen LogP contribution in [0.1, 0.15) is 6.42 Å². The molecule has 168 valence electrons. The number of hydrogen-bond donors (Lipinski definition) is 3. The first kappa shape index (κ1) is 19.9. The van der Waals surface area contributed by atoms with Gasteiger partial charge in [0.25, 0.3) is 0 Å². The highest BCUT2D eigenvalue weighted by Crippen LogP contribution is 2.32. The van der Waals surface area contributed by atoms with Crippen LogP contribution in [0.15, 0.2) is 36.4 Å². The zero-order valence-electron chi connectivity index (χ0n) is 17.3. The normalized spacial score (nSPS) is 29.5. The predicted octanol–water partition coefficient (Wildman–Crippen LogP) is 2.02. The number of halogens is 1. The molecule has 3 aliphatic heterocycles. The molecule has 32 heavy (non-hydrogen) atoms. The molecule has 3 N–H and O–H groups in total. The van der Waals surface area contributed by atoms with Crippen LogP contribution in [0.25, 0.3) is 22.3 Å². The number of fused-ring (bicyclic) bond motifs is 2. The average molecular weight is 441 g/mol. The number of aromatic nitrogens is 2. The Bertz CT molecular complexity index is 1110. The number of H-pyrrole nitrogens is 1. The lowest BCUT2D eigenvalue weighted by Crippen LogP contribution is -2.34. The lowest BCUT2D eigenvalue weighted by Gasteiger charge is -2.16. The number of aliphatic hydroxyl groups is 1. The van der Waals surface area contributed by atoms with Gasteiger partial charge in [-0.05, 0) is 37.2 Å². The Kier molecular flexibility index (Phi) is 4.98. The second-order valence-electron chi connectivity index (χ2n) is 8.46. The van der Waals surface area contributed by atoms with Crippen LogP contribution in [-0.2, 0) is 9.47 Å². The van der Waals surface area contributed by atoms with Crippen molar-refractivity contribution in [1.29, 1.82) is 0 Å². The third-order valence-electron chi connectivity index (χ3n) is 6.24. The maximum atomic E-state index is 14.8. The number of pyridine rings is 1. The minimum atomic E-state index is -0.638. The number of hydrogen-bond acceptors (Lipinski definition) is 7. The van der Waals surface area contributed by atoms with Crippen molar-refractivity contribution in [2.75, 3.05) is 26.3 Å². The van der Waals surface area contributed by atoms with Gasteiger partial charge in [-0.3, -0.25) is 0 Å². The van der Waals surface area contributed by atoms with E-state index in [0.29, 0.717) is 29.1 Å². The van der Waals surface area contributed by atoms with Crippen molar-refractivity contribution in [3.63, 3.8) is 0 Å². The molecule has 1 aromatic carbocycles. The lowest BCUT2D eigenvalue weighted by molar-refractivity contribution is 0.00794. The van der Waals surface area contributed by atoms with Crippen molar-refractivity contribution < 1.29 is 28.4 Å². The summed E-state index contributed by atoms with van der Waals surface area (Å²) in [4.78, 5) is 7.57. The first-order valence-electron chi connectivity index (χ1n) is 10.9. The first-order valence-corrected chi connectivity index (χ1v) is 10.9. The minimum absolute atomic E-state index is 0.170. The third-order valence-corrected chi connectivity index (χ3v) is 6.24. The monoisotopic (exact) mass is 441 g/mol. The number of ether oxygens (including phenoxy) is 4. The largest absolute Gasteiger partial charge is 0.489 e. The molecule has 3 aliphatic rings. The van der Waals surface area contributed by atoms with Gasteiger partial charge in [-0.1, -0.05) is 0 Å². The molecule has 0 aliphatic carbocycles. The molecular formula is C23H24FN3O5. The smallest absolute Gasteiger partial charge is 0.193 e. The summed E-state index contributed by atoms with van der Waals surface area (Å²) in [6, 6.07) is 10.5. The fraction of sp³-hybridized carbons (Fsp3) is 0.435. The number of nitrogens with one attached hydrogen (secondary N) is 2. The molecule has 3 aromatic rings. The quantitative estimate of drug-likeness (QED) is 0.557. The van der Waals surface area contributed by atoms with Gasteiger partial charge in [-0.25, -0.2) is 9.37 Å². The van der Waals surface area contributed by atoms with E-state index >= 15 is 0 Å². The summed E-state index contributed by atoms with van der Waals surface area (Å²) in [7, 11) is 0. The van der Waals surface area contributed by atoms with Crippen molar-refractivity contribution in [1.82, 2.24) is 15.3 Å². The van der Waals surface area contributed by atoms with Gasteiger partial charge >= 0.3 is 0 Å². The van der Waals surface area contributed by atoms with E-state index in [1.165, 1.54) is 6.07 Å². The number of benzene rings is 1. The fourth-order valence-electron chi connectivity index (χ4n) is 4.59. The second kappa shape index (κ2) is 8.00. The molecule has 0 bridgehead atoms.